The van der Waals surface area contributed by atoms with Crippen molar-refractivity contribution in [3.05, 3.63) is 66.2 Å². The molecule has 0 spiro atoms. The monoisotopic (exact) mass is 411 g/mol. The zero-order valence-corrected chi connectivity index (χ0v) is 16.4. The maximum atomic E-state index is 12.9. The molecule has 0 aliphatic carbocycles. The molecule has 2 aromatic rings. The highest BCUT2D eigenvalue weighted by atomic mass is 16.4. The number of rotatable bonds is 10. The Morgan fingerprint density at radius 3 is 2.17 bits per heavy atom. The van der Waals surface area contributed by atoms with Gasteiger partial charge in [0.1, 0.15) is 6.04 Å². The van der Waals surface area contributed by atoms with Gasteiger partial charge in [0, 0.05) is 17.8 Å². The first-order chi connectivity index (χ1) is 14.4. The molecule has 9 nitrogen and oxygen atoms in total. The van der Waals surface area contributed by atoms with E-state index in [0.29, 0.717) is 17.7 Å². The van der Waals surface area contributed by atoms with E-state index in [1.54, 1.807) is 60.7 Å². The molecule has 1 atom stereocenters. The van der Waals surface area contributed by atoms with Crippen LogP contribution in [0.3, 0.4) is 0 Å². The first kappa shape index (κ1) is 22.4. The van der Waals surface area contributed by atoms with Gasteiger partial charge in [-0.3, -0.25) is 19.5 Å². The van der Waals surface area contributed by atoms with Gasteiger partial charge in [-0.15, -0.1) is 0 Å². The first-order valence-electron chi connectivity index (χ1n) is 9.38. The van der Waals surface area contributed by atoms with E-state index in [1.165, 1.54) is 4.90 Å². The van der Waals surface area contributed by atoms with Crippen LogP contribution in [0.4, 0.5) is 5.69 Å². The van der Waals surface area contributed by atoms with Gasteiger partial charge in [0.05, 0.1) is 6.54 Å². The fraction of sp³-hybridized carbons (Fsp3) is 0.238. The van der Waals surface area contributed by atoms with Crippen LogP contribution in [0.5, 0.6) is 0 Å². The van der Waals surface area contributed by atoms with Gasteiger partial charge in [0.25, 0.3) is 5.91 Å². The number of carboxylic acids is 1. The SMILES string of the molecule is NC(N)=NCCC[C@@H](C(=O)O)N(C(=O)CNC(=O)c1ccccc1)c1ccccc1. The normalized spacial score (nSPS) is 11.2. The number of aliphatic imine (C=N–C) groups is 1. The highest BCUT2D eigenvalue weighted by molar-refractivity contribution is 6.03. The Labute approximate surface area is 174 Å². The molecule has 30 heavy (non-hydrogen) atoms. The van der Waals surface area contributed by atoms with E-state index >= 15 is 0 Å². The third-order valence-corrected chi connectivity index (χ3v) is 4.27. The number of amides is 2. The number of carbonyl (C=O) groups excluding carboxylic acids is 2. The number of hydrogen-bond donors (Lipinski definition) is 4. The third-order valence-electron chi connectivity index (χ3n) is 4.27. The molecule has 0 heterocycles. The summed E-state index contributed by atoms with van der Waals surface area (Å²) in [5.41, 5.74) is 11.4. The number of nitrogens with one attached hydrogen (secondary N) is 1. The Hall–Kier alpha value is -3.88. The van der Waals surface area contributed by atoms with Crippen molar-refractivity contribution in [3.8, 4) is 0 Å². The van der Waals surface area contributed by atoms with Gasteiger partial charge < -0.3 is 21.9 Å². The van der Waals surface area contributed by atoms with E-state index in [1.807, 2.05) is 0 Å². The predicted octanol–water partition coefficient (Wildman–Crippen LogP) is 0.956. The fourth-order valence-corrected chi connectivity index (χ4v) is 2.87. The summed E-state index contributed by atoms with van der Waals surface area (Å²) < 4.78 is 0. The number of anilines is 1. The van der Waals surface area contributed by atoms with Crippen molar-refractivity contribution in [2.24, 2.45) is 16.5 Å². The molecule has 0 unspecified atom stereocenters. The fourth-order valence-electron chi connectivity index (χ4n) is 2.87. The van der Waals surface area contributed by atoms with Gasteiger partial charge in [-0.05, 0) is 37.1 Å². The summed E-state index contributed by atoms with van der Waals surface area (Å²) in [6.07, 6.45) is 0.501. The molecule has 6 N–H and O–H groups in total. The maximum absolute atomic E-state index is 12.9. The van der Waals surface area contributed by atoms with Crippen molar-refractivity contribution in [3.63, 3.8) is 0 Å². The molecule has 0 radical (unpaired) electrons. The Balaban J connectivity index is 2.16. The Bertz CT molecular complexity index is 883. The second-order valence-corrected chi connectivity index (χ2v) is 6.45. The Morgan fingerprint density at radius 2 is 1.60 bits per heavy atom. The van der Waals surface area contributed by atoms with Crippen LogP contribution in [0, 0.1) is 0 Å². The molecule has 0 aliphatic rings. The van der Waals surface area contributed by atoms with Crippen LogP contribution < -0.4 is 21.7 Å². The number of hydrogen-bond acceptors (Lipinski definition) is 4. The number of benzene rings is 2. The topological polar surface area (TPSA) is 151 Å². The lowest BCUT2D eigenvalue weighted by atomic mass is 10.1. The van der Waals surface area contributed by atoms with Crippen molar-refractivity contribution >= 4 is 29.4 Å². The molecule has 0 aliphatic heterocycles. The molecule has 0 bridgehead atoms. The molecule has 0 aromatic heterocycles. The van der Waals surface area contributed by atoms with Gasteiger partial charge in [-0.1, -0.05) is 36.4 Å². The van der Waals surface area contributed by atoms with Crippen LogP contribution in [0.1, 0.15) is 23.2 Å². The Morgan fingerprint density at radius 1 is 1.00 bits per heavy atom. The lowest BCUT2D eigenvalue weighted by Gasteiger charge is -2.29. The van der Waals surface area contributed by atoms with Crippen LogP contribution >= 0.6 is 0 Å². The quantitative estimate of drug-likeness (QED) is 0.260. The molecule has 9 heteroatoms. The number of aliphatic carboxylic acids is 1. The summed E-state index contributed by atoms with van der Waals surface area (Å²) in [5.74, 6) is -2.20. The summed E-state index contributed by atoms with van der Waals surface area (Å²) in [5, 5.41) is 12.3. The highest BCUT2D eigenvalue weighted by Gasteiger charge is 2.30. The minimum atomic E-state index is -1.16. The van der Waals surface area contributed by atoms with Crippen LogP contribution in [0.25, 0.3) is 0 Å². The largest absolute Gasteiger partial charge is 0.480 e. The highest BCUT2D eigenvalue weighted by Crippen LogP contribution is 2.20. The van der Waals surface area contributed by atoms with Crippen LogP contribution in [0.15, 0.2) is 65.7 Å². The second-order valence-electron chi connectivity index (χ2n) is 6.45. The predicted molar refractivity (Wildman–Crippen MR) is 114 cm³/mol. The van der Waals surface area contributed by atoms with Crippen molar-refractivity contribution in [2.45, 2.75) is 18.9 Å². The molecule has 0 saturated carbocycles. The van der Waals surface area contributed by atoms with Gasteiger partial charge in [-0.25, -0.2) is 4.79 Å². The molecule has 2 amide bonds. The zero-order valence-electron chi connectivity index (χ0n) is 16.4. The number of carbonyl (C=O) groups is 3. The molecular weight excluding hydrogens is 386 g/mol. The van der Waals surface area contributed by atoms with Crippen molar-refractivity contribution in [2.75, 3.05) is 18.0 Å². The number of para-hydroxylation sites is 1. The standard InChI is InChI=1S/C21H25N5O4/c22-21(23)24-13-7-12-17(20(29)30)26(16-10-5-2-6-11-16)18(27)14-25-19(28)15-8-3-1-4-9-15/h1-6,8-11,17H,7,12-14H2,(H,25,28)(H,29,30)(H4,22,23,24)/t17-/m0/s1. The van der Waals surface area contributed by atoms with Gasteiger partial charge in [0.15, 0.2) is 5.96 Å². The smallest absolute Gasteiger partial charge is 0.326 e. The maximum Gasteiger partial charge on any atom is 0.326 e. The van der Waals surface area contributed by atoms with E-state index in [4.69, 9.17) is 11.5 Å². The van der Waals surface area contributed by atoms with E-state index < -0.39 is 23.8 Å². The van der Waals surface area contributed by atoms with E-state index in [0.717, 1.165) is 0 Å². The average molecular weight is 411 g/mol. The van der Waals surface area contributed by atoms with Crippen LogP contribution in [-0.4, -0.2) is 48.0 Å². The average Bonchev–Trinajstić information content (AvgIpc) is 2.74. The number of nitrogens with zero attached hydrogens (tertiary/aromatic N) is 2. The molecule has 0 fully saturated rings. The summed E-state index contributed by atoms with van der Waals surface area (Å²) in [4.78, 5) is 42.2. The minimum Gasteiger partial charge on any atom is -0.480 e. The van der Waals surface area contributed by atoms with Crippen molar-refractivity contribution in [1.29, 1.82) is 0 Å². The summed E-state index contributed by atoms with van der Waals surface area (Å²) in [6, 6.07) is 15.8. The molecule has 2 aromatic carbocycles. The Kier molecular flexibility index (Phi) is 8.37. The zero-order chi connectivity index (χ0) is 21.9. The van der Waals surface area contributed by atoms with E-state index in [-0.39, 0.29) is 25.5 Å². The van der Waals surface area contributed by atoms with Crippen LogP contribution in [0.2, 0.25) is 0 Å². The van der Waals surface area contributed by atoms with Gasteiger partial charge >= 0.3 is 5.97 Å². The second kappa shape index (κ2) is 11.2. The summed E-state index contributed by atoms with van der Waals surface area (Å²) in [7, 11) is 0. The number of carboxylic acid groups (broad SMARTS) is 1. The molecule has 158 valence electrons. The van der Waals surface area contributed by atoms with Crippen molar-refractivity contribution < 1.29 is 19.5 Å². The minimum absolute atomic E-state index is 0.0820. The van der Waals surface area contributed by atoms with Crippen molar-refractivity contribution in [1.82, 2.24) is 5.32 Å². The molecule has 0 saturated heterocycles. The van der Waals surface area contributed by atoms with E-state index in [2.05, 4.69) is 10.3 Å². The summed E-state index contributed by atoms with van der Waals surface area (Å²) >= 11 is 0. The van der Waals surface area contributed by atoms with Gasteiger partial charge in [-0.2, -0.15) is 0 Å². The van der Waals surface area contributed by atoms with Gasteiger partial charge in [0.2, 0.25) is 5.91 Å². The lowest BCUT2D eigenvalue weighted by molar-refractivity contribution is -0.140. The number of guanidine groups is 1. The lowest BCUT2D eigenvalue weighted by Crippen LogP contribution is -2.49. The molecule has 2 rings (SSSR count). The number of nitrogens with two attached hydrogens (primary N) is 2. The first-order valence-corrected chi connectivity index (χ1v) is 9.38. The molecular formula is C21H25N5O4. The third kappa shape index (κ3) is 6.62. The van der Waals surface area contributed by atoms with E-state index in [9.17, 15) is 19.5 Å². The van der Waals surface area contributed by atoms with Crippen LogP contribution in [-0.2, 0) is 9.59 Å². The summed E-state index contributed by atoms with van der Waals surface area (Å²) in [6.45, 7) is -0.103.